The van der Waals surface area contributed by atoms with Crippen molar-refractivity contribution in [2.24, 2.45) is 5.14 Å². The van der Waals surface area contributed by atoms with Crippen LogP contribution in [0.5, 0.6) is 0 Å². The Morgan fingerprint density at radius 1 is 1.19 bits per heavy atom. The largest absolute Gasteiger partial charge is 0.238 e. The number of nitrogens with two attached hydrogens (primary N) is 1. The van der Waals surface area contributed by atoms with Gasteiger partial charge in [0, 0.05) is 8.07 Å². The van der Waals surface area contributed by atoms with E-state index < -0.39 is 18.1 Å². The van der Waals surface area contributed by atoms with E-state index in [0.717, 1.165) is 18.0 Å². The lowest BCUT2D eigenvalue weighted by molar-refractivity contribution is 0.596. The molecule has 0 unspecified atom stereocenters. The van der Waals surface area contributed by atoms with E-state index in [1.165, 1.54) is 0 Å². The van der Waals surface area contributed by atoms with E-state index in [4.69, 9.17) is 5.14 Å². The topological polar surface area (TPSA) is 60.2 Å². The van der Waals surface area contributed by atoms with Crippen LogP contribution >= 0.6 is 0 Å². The molecule has 1 rings (SSSR count). The molecule has 0 saturated heterocycles. The molecular formula is C11H19NO2SSi. The molecule has 0 spiro atoms. The van der Waals surface area contributed by atoms with E-state index in [2.05, 4.69) is 19.6 Å². The number of aryl methyl sites for hydroxylation is 1. The third kappa shape index (κ3) is 4.07. The van der Waals surface area contributed by atoms with Crippen molar-refractivity contribution in [3.8, 4) is 0 Å². The maximum atomic E-state index is 11.4. The first-order valence-electron chi connectivity index (χ1n) is 5.31. The molecule has 0 radical (unpaired) electrons. The molecule has 2 N–H and O–H groups in total. The highest BCUT2D eigenvalue weighted by molar-refractivity contribution is 7.89. The summed E-state index contributed by atoms with van der Waals surface area (Å²) in [7, 11) is -4.74. The Bertz CT molecular complexity index is 463. The molecule has 0 aliphatic carbocycles. The molecule has 0 bridgehead atoms. The number of benzene rings is 1. The third-order valence-electron chi connectivity index (χ3n) is 2.42. The van der Waals surface area contributed by atoms with Gasteiger partial charge in [0.05, 0.1) is 4.90 Å². The Balaban J connectivity index is 2.97. The summed E-state index contributed by atoms with van der Waals surface area (Å²) in [5.74, 6) is 0. The molecule has 0 amide bonds. The van der Waals surface area contributed by atoms with E-state index in [1.54, 1.807) is 12.1 Å². The van der Waals surface area contributed by atoms with Crippen molar-refractivity contribution in [1.29, 1.82) is 0 Å². The summed E-state index contributed by atoms with van der Waals surface area (Å²) in [6.45, 7) is 6.81. The lowest BCUT2D eigenvalue weighted by Crippen LogP contribution is -2.21. The van der Waals surface area contributed by atoms with Gasteiger partial charge in [0.1, 0.15) is 0 Å². The monoisotopic (exact) mass is 257 g/mol. The number of hydrogen-bond donors (Lipinski definition) is 1. The van der Waals surface area contributed by atoms with Gasteiger partial charge in [-0.25, -0.2) is 13.6 Å². The lowest BCUT2D eigenvalue weighted by atomic mass is 10.2. The summed E-state index contributed by atoms with van der Waals surface area (Å²) >= 11 is 0. The van der Waals surface area contributed by atoms with Crippen LogP contribution in [0.2, 0.25) is 25.7 Å². The quantitative estimate of drug-likeness (QED) is 0.841. The first-order chi connectivity index (χ1) is 7.20. The van der Waals surface area contributed by atoms with Gasteiger partial charge in [-0.1, -0.05) is 43.9 Å². The zero-order valence-electron chi connectivity index (χ0n) is 10.0. The molecule has 0 atom stereocenters. The van der Waals surface area contributed by atoms with E-state index >= 15 is 0 Å². The molecule has 16 heavy (non-hydrogen) atoms. The molecule has 1 aromatic rings. The summed E-state index contributed by atoms with van der Waals surface area (Å²) in [6, 6.07) is 8.06. The van der Waals surface area contributed by atoms with Gasteiger partial charge in [-0.3, -0.25) is 0 Å². The van der Waals surface area contributed by atoms with Gasteiger partial charge in [-0.05, 0) is 18.1 Å². The molecule has 3 nitrogen and oxygen atoms in total. The zero-order valence-corrected chi connectivity index (χ0v) is 11.8. The molecular weight excluding hydrogens is 238 g/mol. The minimum absolute atomic E-state index is 0.272. The first kappa shape index (κ1) is 13.4. The second-order valence-corrected chi connectivity index (χ2v) is 12.4. The molecule has 0 aliphatic heterocycles. The number of rotatable bonds is 4. The fourth-order valence-corrected chi connectivity index (χ4v) is 3.32. The number of primary sulfonamides is 1. The van der Waals surface area contributed by atoms with Crippen LogP contribution in [-0.2, 0) is 16.4 Å². The molecule has 5 heteroatoms. The second kappa shape index (κ2) is 4.69. The van der Waals surface area contributed by atoms with Crippen LogP contribution in [0, 0.1) is 0 Å². The molecule has 0 aromatic heterocycles. The summed E-state index contributed by atoms with van der Waals surface area (Å²) in [4.78, 5) is 0.272. The number of sulfonamides is 1. The second-order valence-electron chi connectivity index (χ2n) is 5.21. The van der Waals surface area contributed by atoms with Gasteiger partial charge in [0.25, 0.3) is 0 Å². The highest BCUT2D eigenvalue weighted by Crippen LogP contribution is 2.19. The van der Waals surface area contributed by atoms with Crippen molar-refractivity contribution in [3.63, 3.8) is 0 Å². The minimum atomic E-state index is -3.59. The van der Waals surface area contributed by atoms with Gasteiger partial charge in [0.2, 0.25) is 10.0 Å². The predicted molar refractivity (Wildman–Crippen MR) is 69.7 cm³/mol. The maximum absolute atomic E-state index is 11.4. The molecule has 0 aliphatic rings. The Kier molecular flexibility index (Phi) is 3.93. The average Bonchev–Trinajstić information content (AvgIpc) is 2.12. The van der Waals surface area contributed by atoms with Gasteiger partial charge in [-0.15, -0.1) is 0 Å². The summed E-state index contributed by atoms with van der Waals surface area (Å²) in [6.07, 6.45) is 0.794. The van der Waals surface area contributed by atoms with Gasteiger partial charge in [0.15, 0.2) is 0 Å². The smallest absolute Gasteiger partial charge is 0.225 e. The van der Waals surface area contributed by atoms with Crippen LogP contribution in [-0.4, -0.2) is 16.5 Å². The number of hydrogen-bond acceptors (Lipinski definition) is 2. The van der Waals surface area contributed by atoms with Crippen LogP contribution < -0.4 is 5.14 Å². The standard InChI is InChI=1S/C11H19NO2SSi/c1-16(2,3)9-8-10-6-4-5-7-11(10)15(12,13)14/h4-7H,8-9H2,1-3H3,(H2,12,13,14). The summed E-state index contributed by atoms with van der Waals surface area (Å²) in [5, 5.41) is 5.18. The third-order valence-corrected chi connectivity index (χ3v) is 5.18. The van der Waals surface area contributed by atoms with Gasteiger partial charge in [-0.2, -0.15) is 0 Å². The van der Waals surface area contributed by atoms with Crippen LogP contribution in [0.15, 0.2) is 29.2 Å². The molecule has 90 valence electrons. The minimum Gasteiger partial charge on any atom is -0.225 e. The molecule has 0 saturated carbocycles. The maximum Gasteiger partial charge on any atom is 0.238 e. The van der Waals surface area contributed by atoms with Crippen LogP contribution in [0.4, 0.5) is 0 Å². The van der Waals surface area contributed by atoms with Crippen molar-refractivity contribution < 1.29 is 8.42 Å². The highest BCUT2D eigenvalue weighted by Gasteiger charge is 2.17. The normalized spacial score (nSPS) is 12.8. The van der Waals surface area contributed by atoms with Crippen LogP contribution in [0.3, 0.4) is 0 Å². The van der Waals surface area contributed by atoms with Gasteiger partial charge >= 0.3 is 0 Å². The molecule has 1 aromatic carbocycles. The molecule has 0 fully saturated rings. The summed E-state index contributed by atoms with van der Waals surface area (Å²) < 4.78 is 22.7. The van der Waals surface area contributed by atoms with Crippen LogP contribution in [0.25, 0.3) is 0 Å². The first-order valence-corrected chi connectivity index (χ1v) is 10.6. The lowest BCUT2D eigenvalue weighted by Gasteiger charge is -2.16. The highest BCUT2D eigenvalue weighted by atomic mass is 32.2. The van der Waals surface area contributed by atoms with Crippen LogP contribution in [0.1, 0.15) is 5.56 Å². The summed E-state index contributed by atoms with van der Waals surface area (Å²) in [5.41, 5.74) is 0.840. The van der Waals surface area contributed by atoms with Crippen molar-refractivity contribution >= 4 is 18.1 Å². The van der Waals surface area contributed by atoms with Crippen molar-refractivity contribution in [2.75, 3.05) is 0 Å². The van der Waals surface area contributed by atoms with Crippen molar-refractivity contribution in [2.45, 2.75) is 37.0 Å². The fraction of sp³-hybridized carbons (Fsp3) is 0.455. The fourth-order valence-electron chi connectivity index (χ4n) is 1.50. The zero-order chi connectivity index (χ0) is 12.4. The van der Waals surface area contributed by atoms with Crippen molar-refractivity contribution in [3.05, 3.63) is 29.8 Å². The Morgan fingerprint density at radius 3 is 2.25 bits per heavy atom. The Labute approximate surface area is 98.7 Å². The van der Waals surface area contributed by atoms with E-state index in [9.17, 15) is 8.42 Å². The SMILES string of the molecule is C[Si](C)(C)CCc1ccccc1S(N)(=O)=O. The van der Waals surface area contributed by atoms with Crippen molar-refractivity contribution in [1.82, 2.24) is 0 Å². The van der Waals surface area contributed by atoms with E-state index in [0.29, 0.717) is 0 Å². The average molecular weight is 257 g/mol. The van der Waals surface area contributed by atoms with E-state index in [-0.39, 0.29) is 4.90 Å². The van der Waals surface area contributed by atoms with E-state index in [1.807, 2.05) is 12.1 Å². The molecule has 0 heterocycles. The predicted octanol–water partition coefficient (Wildman–Crippen LogP) is 2.21. The van der Waals surface area contributed by atoms with Gasteiger partial charge < -0.3 is 0 Å². The Morgan fingerprint density at radius 2 is 1.75 bits per heavy atom. The Hall–Kier alpha value is -0.653.